The Kier molecular flexibility index (Phi) is 1.77. The van der Waals surface area contributed by atoms with Crippen LogP contribution in [0.2, 0.25) is 0 Å². The Morgan fingerprint density at radius 3 is 3.07 bits per heavy atom. The van der Waals surface area contributed by atoms with E-state index in [4.69, 9.17) is 4.74 Å². The van der Waals surface area contributed by atoms with Crippen LogP contribution >= 0.6 is 15.9 Å². The predicted molar refractivity (Wildman–Crippen MR) is 57.4 cm³/mol. The van der Waals surface area contributed by atoms with Crippen LogP contribution in [0, 0.1) is 0 Å². The molecule has 0 aliphatic heterocycles. The molecular weight excluding hydrogens is 244 g/mol. The number of hydrogen-bond donors (Lipinski definition) is 1. The lowest BCUT2D eigenvalue weighted by Gasteiger charge is -2.05. The van der Waals surface area contributed by atoms with Crippen molar-refractivity contribution >= 4 is 26.8 Å². The highest BCUT2D eigenvalue weighted by molar-refractivity contribution is 9.10. The first-order valence-electron chi connectivity index (χ1n) is 4.62. The maximum absolute atomic E-state index is 5.78. The highest BCUT2D eigenvalue weighted by atomic mass is 79.9. The number of ether oxygens (including phenoxy) is 1. The fourth-order valence-electron chi connectivity index (χ4n) is 1.45. The van der Waals surface area contributed by atoms with Crippen molar-refractivity contribution in [2.75, 3.05) is 0 Å². The Bertz CT molecular complexity index is 476. The number of hydrogen-bond acceptors (Lipinski definition) is 2. The van der Waals surface area contributed by atoms with Crippen LogP contribution < -0.4 is 4.74 Å². The van der Waals surface area contributed by atoms with Crippen LogP contribution in [0.15, 0.2) is 22.8 Å². The van der Waals surface area contributed by atoms with Crippen LogP contribution in [0.4, 0.5) is 0 Å². The summed E-state index contributed by atoms with van der Waals surface area (Å²) in [6.45, 7) is 0. The summed E-state index contributed by atoms with van der Waals surface area (Å²) in [4.78, 5) is 0. The lowest BCUT2D eigenvalue weighted by Crippen LogP contribution is -1.96. The largest absolute Gasteiger partial charge is 0.488 e. The Labute approximate surface area is 89.6 Å². The molecular formula is C10H9BrN2O. The average molecular weight is 253 g/mol. The minimum absolute atomic E-state index is 0.413. The zero-order valence-corrected chi connectivity index (χ0v) is 9.04. The second-order valence-electron chi connectivity index (χ2n) is 3.56. The number of aromatic amines is 1. The van der Waals surface area contributed by atoms with Crippen molar-refractivity contribution in [3.8, 4) is 5.75 Å². The minimum Gasteiger partial charge on any atom is -0.488 e. The van der Waals surface area contributed by atoms with Gasteiger partial charge in [-0.2, -0.15) is 5.10 Å². The molecule has 0 radical (unpaired) electrons. The van der Waals surface area contributed by atoms with Crippen molar-refractivity contribution < 1.29 is 4.74 Å². The number of benzene rings is 1. The summed E-state index contributed by atoms with van der Waals surface area (Å²) in [7, 11) is 0. The van der Waals surface area contributed by atoms with E-state index in [1.54, 1.807) is 6.20 Å². The summed E-state index contributed by atoms with van der Waals surface area (Å²) in [6, 6.07) is 4.01. The van der Waals surface area contributed by atoms with Gasteiger partial charge < -0.3 is 4.74 Å². The molecule has 1 heterocycles. The lowest BCUT2D eigenvalue weighted by atomic mass is 10.2. The molecule has 1 saturated carbocycles. The highest BCUT2D eigenvalue weighted by Gasteiger charge is 2.24. The summed E-state index contributed by atoms with van der Waals surface area (Å²) < 4.78 is 6.81. The molecule has 3 nitrogen and oxygen atoms in total. The van der Waals surface area contributed by atoms with Gasteiger partial charge in [0, 0.05) is 9.86 Å². The van der Waals surface area contributed by atoms with Gasteiger partial charge in [0.05, 0.1) is 12.3 Å². The van der Waals surface area contributed by atoms with Crippen LogP contribution in [0.1, 0.15) is 12.8 Å². The molecule has 14 heavy (non-hydrogen) atoms. The third-order valence-corrected chi connectivity index (χ3v) is 2.75. The molecule has 4 heteroatoms. The molecule has 1 aromatic heterocycles. The van der Waals surface area contributed by atoms with E-state index in [2.05, 4.69) is 26.1 Å². The number of fused-ring (bicyclic) bond motifs is 1. The summed E-state index contributed by atoms with van der Waals surface area (Å²) in [5.41, 5.74) is 0.986. The van der Waals surface area contributed by atoms with Gasteiger partial charge in [0.2, 0.25) is 0 Å². The highest BCUT2D eigenvalue weighted by Crippen LogP contribution is 2.33. The van der Waals surface area contributed by atoms with Crippen molar-refractivity contribution in [3.05, 3.63) is 22.8 Å². The molecule has 0 unspecified atom stereocenters. The van der Waals surface area contributed by atoms with Crippen LogP contribution in [0.25, 0.3) is 10.9 Å². The molecule has 1 aliphatic carbocycles. The van der Waals surface area contributed by atoms with E-state index in [1.807, 2.05) is 12.1 Å². The molecule has 0 bridgehead atoms. The maximum atomic E-state index is 5.78. The Hall–Kier alpha value is -1.03. The molecule has 0 atom stereocenters. The minimum atomic E-state index is 0.413. The number of H-pyrrole nitrogens is 1. The normalized spacial score (nSPS) is 16.1. The lowest BCUT2D eigenvalue weighted by molar-refractivity contribution is 0.306. The molecule has 1 N–H and O–H groups in total. The van der Waals surface area contributed by atoms with E-state index < -0.39 is 0 Å². The molecule has 1 aromatic carbocycles. The van der Waals surface area contributed by atoms with Gasteiger partial charge in [0.1, 0.15) is 11.3 Å². The summed E-state index contributed by atoms with van der Waals surface area (Å²) in [5.74, 6) is 0.898. The smallest absolute Gasteiger partial charge is 0.146 e. The molecule has 0 saturated heterocycles. The van der Waals surface area contributed by atoms with Crippen LogP contribution in [0.5, 0.6) is 5.75 Å². The standard InChI is InChI=1S/C10H9BrN2O/c11-7-3-6-5-12-13-10(6)9(4-7)14-8-1-2-8/h3-5,8H,1-2H2,(H,12,13). The maximum Gasteiger partial charge on any atom is 0.146 e. The van der Waals surface area contributed by atoms with Crippen molar-refractivity contribution in [2.45, 2.75) is 18.9 Å². The quantitative estimate of drug-likeness (QED) is 0.893. The number of nitrogens with zero attached hydrogens (tertiary/aromatic N) is 1. The molecule has 0 amide bonds. The first kappa shape index (κ1) is 8.29. The van der Waals surface area contributed by atoms with Gasteiger partial charge in [-0.15, -0.1) is 0 Å². The van der Waals surface area contributed by atoms with E-state index in [0.29, 0.717) is 6.10 Å². The summed E-state index contributed by atoms with van der Waals surface area (Å²) in [5, 5.41) is 8.04. The van der Waals surface area contributed by atoms with E-state index in [1.165, 1.54) is 12.8 Å². The molecule has 1 fully saturated rings. The van der Waals surface area contributed by atoms with E-state index >= 15 is 0 Å². The third kappa shape index (κ3) is 1.39. The number of aromatic nitrogens is 2. The molecule has 3 rings (SSSR count). The fourth-order valence-corrected chi connectivity index (χ4v) is 1.90. The van der Waals surface area contributed by atoms with Crippen LogP contribution in [-0.2, 0) is 0 Å². The van der Waals surface area contributed by atoms with Crippen molar-refractivity contribution in [1.29, 1.82) is 0 Å². The Morgan fingerprint density at radius 1 is 1.43 bits per heavy atom. The second kappa shape index (κ2) is 2.98. The fraction of sp³-hybridized carbons (Fsp3) is 0.300. The SMILES string of the molecule is Brc1cc(OC2CC2)c2[nH]ncc2c1. The topological polar surface area (TPSA) is 37.9 Å². The van der Waals surface area contributed by atoms with Crippen LogP contribution in [0.3, 0.4) is 0 Å². The number of halogens is 1. The van der Waals surface area contributed by atoms with Gasteiger partial charge in [0.15, 0.2) is 0 Å². The first-order valence-corrected chi connectivity index (χ1v) is 5.41. The zero-order chi connectivity index (χ0) is 9.54. The molecule has 1 aliphatic rings. The Morgan fingerprint density at radius 2 is 2.29 bits per heavy atom. The Balaban J connectivity index is 2.13. The summed E-state index contributed by atoms with van der Waals surface area (Å²) in [6.07, 6.45) is 4.56. The average Bonchev–Trinajstić information content (AvgIpc) is 2.81. The van der Waals surface area contributed by atoms with Gasteiger partial charge in [-0.05, 0) is 25.0 Å². The van der Waals surface area contributed by atoms with Gasteiger partial charge in [-0.1, -0.05) is 15.9 Å². The van der Waals surface area contributed by atoms with Crippen molar-refractivity contribution in [2.24, 2.45) is 0 Å². The number of rotatable bonds is 2. The van der Waals surface area contributed by atoms with Gasteiger partial charge in [-0.25, -0.2) is 0 Å². The zero-order valence-electron chi connectivity index (χ0n) is 7.46. The third-order valence-electron chi connectivity index (χ3n) is 2.30. The van der Waals surface area contributed by atoms with Gasteiger partial charge >= 0.3 is 0 Å². The monoisotopic (exact) mass is 252 g/mol. The second-order valence-corrected chi connectivity index (χ2v) is 4.47. The van der Waals surface area contributed by atoms with E-state index in [9.17, 15) is 0 Å². The first-order chi connectivity index (χ1) is 6.83. The molecule has 0 spiro atoms. The van der Waals surface area contributed by atoms with Crippen molar-refractivity contribution in [3.63, 3.8) is 0 Å². The van der Waals surface area contributed by atoms with Gasteiger partial charge in [-0.3, -0.25) is 5.10 Å². The van der Waals surface area contributed by atoms with E-state index in [-0.39, 0.29) is 0 Å². The summed E-state index contributed by atoms with van der Waals surface area (Å²) >= 11 is 3.46. The molecule has 2 aromatic rings. The van der Waals surface area contributed by atoms with E-state index in [0.717, 1.165) is 21.1 Å². The predicted octanol–water partition coefficient (Wildman–Crippen LogP) is 2.87. The molecule has 72 valence electrons. The van der Waals surface area contributed by atoms with Gasteiger partial charge in [0.25, 0.3) is 0 Å². The van der Waals surface area contributed by atoms with Crippen LogP contribution in [-0.4, -0.2) is 16.3 Å². The van der Waals surface area contributed by atoms with Crippen molar-refractivity contribution in [1.82, 2.24) is 10.2 Å². The number of nitrogens with one attached hydrogen (secondary N) is 1.